The van der Waals surface area contributed by atoms with Gasteiger partial charge in [0, 0.05) is 43.9 Å². The topological polar surface area (TPSA) is 70.1 Å². The second-order valence-electron chi connectivity index (χ2n) is 7.03. The minimum atomic E-state index is -0.345. The fourth-order valence-corrected chi connectivity index (χ4v) is 3.65. The zero-order valence-electron chi connectivity index (χ0n) is 15.3. The van der Waals surface area contributed by atoms with Crippen LogP contribution in [0, 0.1) is 0 Å². The molecule has 2 aromatic carbocycles. The van der Waals surface area contributed by atoms with Crippen molar-refractivity contribution in [3.63, 3.8) is 0 Å². The molecule has 0 bridgehead atoms. The van der Waals surface area contributed by atoms with Gasteiger partial charge in [0.1, 0.15) is 18.1 Å². The number of ketones is 2. The summed E-state index contributed by atoms with van der Waals surface area (Å²) >= 11 is 0. The van der Waals surface area contributed by atoms with Crippen molar-refractivity contribution in [1.29, 1.82) is 0 Å². The summed E-state index contributed by atoms with van der Waals surface area (Å²) in [7, 11) is 2.11. The summed E-state index contributed by atoms with van der Waals surface area (Å²) in [5, 5.41) is 10.2. The number of benzene rings is 2. The lowest BCUT2D eigenvalue weighted by Crippen LogP contribution is -2.45. The maximum absolute atomic E-state index is 13.0. The van der Waals surface area contributed by atoms with E-state index in [-0.39, 0.29) is 28.4 Å². The fourth-order valence-electron chi connectivity index (χ4n) is 3.65. The molecule has 2 aliphatic rings. The van der Waals surface area contributed by atoms with Gasteiger partial charge in [0.25, 0.3) is 0 Å². The van der Waals surface area contributed by atoms with E-state index in [0.29, 0.717) is 23.5 Å². The van der Waals surface area contributed by atoms with Crippen LogP contribution in [0.1, 0.15) is 31.8 Å². The Kier molecular flexibility index (Phi) is 4.68. The first kappa shape index (κ1) is 17.7. The third-order valence-corrected chi connectivity index (χ3v) is 5.28. The predicted octanol–water partition coefficient (Wildman–Crippen LogP) is 1.79. The van der Waals surface area contributed by atoms with Gasteiger partial charge in [0.15, 0.2) is 11.6 Å². The highest BCUT2D eigenvalue weighted by molar-refractivity contribution is 6.30. The van der Waals surface area contributed by atoms with E-state index >= 15 is 0 Å². The van der Waals surface area contributed by atoms with Crippen LogP contribution < -0.4 is 4.74 Å². The van der Waals surface area contributed by atoms with E-state index in [1.807, 2.05) is 0 Å². The lowest BCUT2D eigenvalue weighted by atomic mass is 9.83. The number of piperazine rings is 1. The Balaban J connectivity index is 1.57. The van der Waals surface area contributed by atoms with Crippen molar-refractivity contribution in [2.75, 3.05) is 46.4 Å². The summed E-state index contributed by atoms with van der Waals surface area (Å²) in [6.45, 7) is 5.19. The molecule has 2 aromatic rings. The number of carbonyl (C=O) groups excluding carboxylic acids is 2. The lowest BCUT2D eigenvalue weighted by Gasteiger charge is -2.32. The van der Waals surface area contributed by atoms with Gasteiger partial charge in [-0.15, -0.1) is 0 Å². The molecule has 0 saturated carbocycles. The number of rotatable bonds is 4. The van der Waals surface area contributed by atoms with Crippen molar-refractivity contribution < 1.29 is 19.4 Å². The summed E-state index contributed by atoms with van der Waals surface area (Å²) in [6, 6.07) is 9.67. The molecule has 0 radical (unpaired) electrons. The van der Waals surface area contributed by atoms with Crippen molar-refractivity contribution in [2.24, 2.45) is 0 Å². The van der Waals surface area contributed by atoms with E-state index in [2.05, 4.69) is 16.8 Å². The molecule has 6 nitrogen and oxygen atoms in total. The number of hydrogen-bond acceptors (Lipinski definition) is 6. The number of hydrogen-bond donors (Lipinski definition) is 1. The third-order valence-electron chi connectivity index (χ3n) is 5.28. The number of likely N-dealkylation sites (N-methyl/N-ethyl adjacent to an activating group) is 1. The molecule has 1 saturated heterocycles. The van der Waals surface area contributed by atoms with Crippen LogP contribution in [0.3, 0.4) is 0 Å². The van der Waals surface area contributed by atoms with Crippen LogP contribution in [0.4, 0.5) is 0 Å². The molecule has 0 atom stereocenters. The second-order valence-corrected chi connectivity index (χ2v) is 7.03. The van der Waals surface area contributed by atoms with Crippen LogP contribution >= 0.6 is 0 Å². The van der Waals surface area contributed by atoms with Crippen molar-refractivity contribution in [3.05, 3.63) is 58.7 Å². The van der Waals surface area contributed by atoms with Gasteiger partial charge in [-0.2, -0.15) is 0 Å². The van der Waals surface area contributed by atoms with Crippen LogP contribution in [0.15, 0.2) is 36.4 Å². The van der Waals surface area contributed by atoms with Crippen molar-refractivity contribution in [2.45, 2.75) is 0 Å². The fraction of sp³-hybridized carbons (Fsp3) is 0.333. The number of fused-ring (bicyclic) bond motifs is 2. The van der Waals surface area contributed by atoms with Gasteiger partial charge in [-0.25, -0.2) is 0 Å². The van der Waals surface area contributed by atoms with Crippen LogP contribution in [-0.2, 0) is 0 Å². The van der Waals surface area contributed by atoms with Gasteiger partial charge in [-0.1, -0.05) is 24.3 Å². The third kappa shape index (κ3) is 3.22. The van der Waals surface area contributed by atoms with Gasteiger partial charge in [0.2, 0.25) is 0 Å². The Labute approximate surface area is 158 Å². The summed E-state index contributed by atoms with van der Waals surface area (Å²) < 4.78 is 5.88. The average molecular weight is 366 g/mol. The van der Waals surface area contributed by atoms with Gasteiger partial charge in [-0.3, -0.25) is 14.5 Å². The Morgan fingerprint density at radius 3 is 2.22 bits per heavy atom. The highest BCUT2D eigenvalue weighted by Crippen LogP contribution is 2.37. The van der Waals surface area contributed by atoms with E-state index in [0.717, 1.165) is 32.7 Å². The maximum atomic E-state index is 13.0. The van der Waals surface area contributed by atoms with Crippen LogP contribution in [-0.4, -0.2) is 72.9 Å². The van der Waals surface area contributed by atoms with Crippen molar-refractivity contribution >= 4 is 11.6 Å². The number of phenolic OH excluding ortho intramolecular Hbond substituents is 1. The minimum Gasteiger partial charge on any atom is -0.507 e. The van der Waals surface area contributed by atoms with Crippen LogP contribution in [0.2, 0.25) is 0 Å². The zero-order valence-corrected chi connectivity index (χ0v) is 15.3. The van der Waals surface area contributed by atoms with Crippen molar-refractivity contribution in [1.82, 2.24) is 9.80 Å². The SMILES string of the molecule is CN1CCN(CCOc2ccc(O)c3c2C(=O)c2ccccc2C3=O)CC1. The molecule has 1 fully saturated rings. The second kappa shape index (κ2) is 7.13. The molecular weight excluding hydrogens is 344 g/mol. The van der Waals surface area contributed by atoms with Gasteiger partial charge < -0.3 is 14.7 Å². The van der Waals surface area contributed by atoms with E-state index in [9.17, 15) is 14.7 Å². The standard InChI is InChI=1S/C21H22N2O4/c1-22-8-10-23(11-9-22)12-13-27-17-7-6-16(24)18-19(17)21(26)15-5-3-2-4-14(15)20(18)25/h2-7,24H,8-13H2,1H3. The largest absolute Gasteiger partial charge is 0.507 e. The molecule has 0 amide bonds. The highest BCUT2D eigenvalue weighted by Gasteiger charge is 2.34. The molecule has 1 aliphatic carbocycles. The van der Waals surface area contributed by atoms with Crippen LogP contribution in [0.25, 0.3) is 0 Å². The Bertz CT molecular complexity index is 901. The number of phenols is 1. The quantitative estimate of drug-likeness (QED) is 0.759. The first-order chi connectivity index (χ1) is 13.1. The van der Waals surface area contributed by atoms with E-state index in [4.69, 9.17) is 4.74 Å². The molecule has 27 heavy (non-hydrogen) atoms. The van der Waals surface area contributed by atoms with E-state index < -0.39 is 0 Å². The molecule has 140 valence electrons. The Morgan fingerprint density at radius 2 is 1.56 bits per heavy atom. The maximum Gasteiger partial charge on any atom is 0.198 e. The zero-order chi connectivity index (χ0) is 19.0. The summed E-state index contributed by atoms with van der Waals surface area (Å²) in [5.74, 6) is -0.470. The normalized spacial score (nSPS) is 17.5. The van der Waals surface area contributed by atoms with Gasteiger partial charge in [-0.05, 0) is 19.2 Å². The molecule has 4 rings (SSSR count). The van der Waals surface area contributed by atoms with Gasteiger partial charge in [0.05, 0.1) is 11.1 Å². The summed E-state index contributed by atoms with van der Waals surface area (Å²) in [5.41, 5.74) is 0.872. The number of carbonyl (C=O) groups is 2. The summed E-state index contributed by atoms with van der Waals surface area (Å²) in [6.07, 6.45) is 0. The van der Waals surface area contributed by atoms with E-state index in [1.54, 1.807) is 30.3 Å². The van der Waals surface area contributed by atoms with Gasteiger partial charge >= 0.3 is 0 Å². The number of ether oxygens (including phenoxy) is 1. The van der Waals surface area contributed by atoms with Crippen LogP contribution in [0.5, 0.6) is 11.5 Å². The molecular formula is C21H22N2O4. The summed E-state index contributed by atoms with van der Waals surface area (Å²) in [4.78, 5) is 30.4. The molecule has 0 unspecified atom stereocenters. The first-order valence-corrected chi connectivity index (χ1v) is 9.14. The molecule has 1 N–H and O–H groups in total. The smallest absolute Gasteiger partial charge is 0.198 e. The molecule has 0 spiro atoms. The first-order valence-electron chi connectivity index (χ1n) is 9.14. The molecule has 1 heterocycles. The highest BCUT2D eigenvalue weighted by atomic mass is 16.5. The van der Waals surface area contributed by atoms with E-state index in [1.165, 1.54) is 6.07 Å². The molecule has 0 aromatic heterocycles. The lowest BCUT2D eigenvalue weighted by molar-refractivity contribution is 0.0971. The molecule has 1 aliphatic heterocycles. The van der Waals surface area contributed by atoms with Crippen molar-refractivity contribution in [3.8, 4) is 11.5 Å². The monoisotopic (exact) mass is 366 g/mol. The number of aromatic hydroxyl groups is 1. The average Bonchev–Trinajstić information content (AvgIpc) is 2.68. The Hall–Kier alpha value is -2.70. The predicted molar refractivity (Wildman–Crippen MR) is 101 cm³/mol. The number of nitrogens with zero attached hydrogens (tertiary/aromatic N) is 2. The Morgan fingerprint density at radius 1 is 0.926 bits per heavy atom. The minimum absolute atomic E-state index is 0.0378. The molecule has 6 heteroatoms.